The first-order valence-electron chi connectivity index (χ1n) is 8.12. The quantitative estimate of drug-likeness (QED) is 0.509. The van der Waals surface area contributed by atoms with Crippen LogP contribution in [0, 0.1) is 6.92 Å². The third-order valence-corrected chi connectivity index (χ3v) is 4.33. The molecule has 0 radical (unpaired) electrons. The van der Waals surface area contributed by atoms with E-state index in [2.05, 4.69) is 9.97 Å². The number of aryl methyl sites for hydroxylation is 1. The topological polar surface area (TPSA) is 64.9 Å². The zero-order valence-electron chi connectivity index (χ0n) is 14.2. The molecule has 0 atom stereocenters. The summed E-state index contributed by atoms with van der Waals surface area (Å²) < 4.78 is 44.5. The highest BCUT2D eigenvalue weighted by Crippen LogP contribution is 2.42. The van der Waals surface area contributed by atoms with Crippen molar-refractivity contribution in [3.63, 3.8) is 0 Å². The predicted molar refractivity (Wildman–Crippen MR) is 96.8 cm³/mol. The molecule has 4 aromatic rings. The molecule has 7 heteroatoms. The summed E-state index contributed by atoms with van der Waals surface area (Å²) in [6.07, 6.45) is -3.11. The lowest BCUT2D eigenvalue weighted by Gasteiger charge is -2.08. The number of hydrogen-bond donors (Lipinski definition) is 1. The monoisotopic (exact) mass is 369 g/mol. The van der Waals surface area contributed by atoms with Gasteiger partial charge in [-0.1, -0.05) is 42.0 Å². The fraction of sp³-hybridized carbons (Fsp3) is 0.100. The van der Waals surface area contributed by atoms with Gasteiger partial charge in [-0.05, 0) is 24.6 Å². The summed E-state index contributed by atoms with van der Waals surface area (Å²) in [6, 6.07) is 12.5. The zero-order chi connectivity index (χ0) is 19.2. The minimum Gasteiger partial charge on any atom is -0.437 e. The highest BCUT2D eigenvalue weighted by Gasteiger charge is 2.30. The minimum atomic E-state index is -4.40. The third-order valence-electron chi connectivity index (χ3n) is 4.33. The molecule has 0 spiro atoms. The Hall–Kier alpha value is -3.35. The number of benzene rings is 2. The van der Waals surface area contributed by atoms with Crippen molar-refractivity contribution in [1.29, 1.82) is 0 Å². The fourth-order valence-corrected chi connectivity index (χ4v) is 2.97. The lowest BCUT2D eigenvalue weighted by molar-refractivity contribution is -0.137. The number of anilines is 1. The molecule has 0 aliphatic rings. The SMILES string of the molecule is Cc1ccc(-c2c(-c3ccc(C(F)(F)F)cc3)oc3ncnc(N)c23)cc1. The molecule has 2 aromatic heterocycles. The second-order valence-corrected chi connectivity index (χ2v) is 6.19. The molecule has 0 aliphatic heterocycles. The van der Waals surface area contributed by atoms with Crippen LogP contribution in [-0.4, -0.2) is 9.97 Å². The maximum atomic E-state index is 12.9. The van der Waals surface area contributed by atoms with Crippen molar-refractivity contribution in [2.24, 2.45) is 0 Å². The van der Waals surface area contributed by atoms with Crippen molar-refractivity contribution in [2.75, 3.05) is 5.73 Å². The van der Waals surface area contributed by atoms with E-state index in [0.717, 1.165) is 23.3 Å². The summed E-state index contributed by atoms with van der Waals surface area (Å²) in [6.45, 7) is 1.96. The average Bonchev–Trinajstić information content (AvgIpc) is 3.03. The van der Waals surface area contributed by atoms with Gasteiger partial charge in [0.25, 0.3) is 0 Å². The molecule has 0 bridgehead atoms. The van der Waals surface area contributed by atoms with Crippen molar-refractivity contribution in [3.05, 3.63) is 66.0 Å². The number of aromatic nitrogens is 2. The van der Waals surface area contributed by atoms with E-state index in [1.54, 1.807) is 0 Å². The van der Waals surface area contributed by atoms with Crippen molar-refractivity contribution >= 4 is 16.9 Å². The van der Waals surface area contributed by atoms with Crippen LogP contribution in [0.4, 0.5) is 19.0 Å². The number of fused-ring (bicyclic) bond motifs is 1. The second-order valence-electron chi connectivity index (χ2n) is 6.19. The van der Waals surface area contributed by atoms with Crippen LogP contribution in [0.5, 0.6) is 0 Å². The van der Waals surface area contributed by atoms with Crippen molar-refractivity contribution in [2.45, 2.75) is 13.1 Å². The molecule has 4 nitrogen and oxygen atoms in total. The first-order chi connectivity index (χ1) is 12.8. The summed E-state index contributed by atoms with van der Waals surface area (Å²) in [7, 11) is 0. The summed E-state index contributed by atoms with van der Waals surface area (Å²) >= 11 is 0. The van der Waals surface area contributed by atoms with E-state index in [-0.39, 0.29) is 11.5 Å². The van der Waals surface area contributed by atoms with E-state index in [9.17, 15) is 13.2 Å². The van der Waals surface area contributed by atoms with Crippen molar-refractivity contribution in [3.8, 4) is 22.5 Å². The molecule has 0 amide bonds. The minimum absolute atomic E-state index is 0.248. The van der Waals surface area contributed by atoms with Gasteiger partial charge in [-0.15, -0.1) is 0 Å². The van der Waals surface area contributed by atoms with E-state index >= 15 is 0 Å². The van der Waals surface area contributed by atoms with Gasteiger partial charge in [0.1, 0.15) is 17.9 Å². The Morgan fingerprint density at radius 1 is 0.889 bits per heavy atom. The molecule has 2 heterocycles. The average molecular weight is 369 g/mol. The molecule has 0 saturated carbocycles. The zero-order valence-corrected chi connectivity index (χ0v) is 14.2. The van der Waals surface area contributed by atoms with Crippen LogP contribution in [0.1, 0.15) is 11.1 Å². The number of nitrogen functional groups attached to an aromatic ring is 1. The van der Waals surface area contributed by atoms with Crippen molar-refractivity contribution in [1.82, 2.24) is 9.97 Å². The van der Waals surface area contributed by atoms with E-state index in [4.69, 9.17) is 10.2 Å². The van der Waals surface area contributed by atoms with Crippen LogP contribution < -0.4 is 5.73 Å². The van der Waals surface area contributed by atoms with Crippen molar-refractivity contribution < 1.29 is 17.6 Å². The highest BCUT2D eigenvalue weighted by atomic mass is 19.4. The summed E-state index contributed by atoms with van der Waals surface area (Å²) in [5, 5.41) is 0.538. The smallest absolute Gasteiger partial charge is 0.416 e. The van der Waals surface area contributed by atoms with Gasteiger partial charge in [-0.3, -0.25) is 0 Å². The Bertz CT molecular complexity index is 1110. The molecular weight excluding hydrogens is 355 g/mol. The summed E-state index contributed by atoms with van der Waals surface area (Å²) in [5.74, 6) is 0.646. The van der Waals surface area contributed by atoms with Gasteiger partial charge < -0.3 is 10.2 Å². The Labute approximate surface area is 152 Å². The molecule has 0 unspecified atom stereocenters. The van der Waals surface area contributed by atoms with Gasteiger partial charge in [0.2, 0.25) is 5.71 Å². The van der Waals surface area contributed by atoms with Gasteiger partial charge in [0.15, 0.2) is 0 Å². The molecule has 0 saturated heterocycles. The van der Waals surface area contributed by atoms with Crippen LogP contribution >= 0.6 is 0 Å². The predicted octanol–water partition coefficient (Wildman–Crippen LogP) is 5.47. The number of alkyl halides is 3. The van der Waals surface area contributed by atoms with E-state index in [1.807, 2.05) is 31.2 Å². The molecule has 2 N–H and O–H groups in total. The molecule has 27 heavy (non-hydrogen) atoms. The second kappa shape index (κ2) is 6.12. The Kier molecular flexibility index (Phi) is 3.87. The lowest BCUT2D eigenvalue weighted by Crippen LogP contribution is -2.03. The van der Waals surface area contributed by atoms with Gasteiger partial charge in [0.05, 0.1) is 10.9 Å². The fourth-order valence-electron chi connectivity index (χ4n) is 2.97. The Balaban J connectivity index is 1.96. The normalized spacial score (nSPS) is 11.9. The number of nitrogens with zero attached hydrogens (tertiary/aromatic N) is 2. The van der Waals surface area contributed by atoms with Crippen LogP contribution in [0.3, 0.4) is 0 Å². The van der Waals surface area contributed by atoms with Gasteiger partial charge >= 0.3 is 6.18 Å². The maximum Gasteiger partial charge on any atom is 0.416 e. The lowest BCUT2D eigenvalue weighted by atomic mass is 9.98. The van der Waals surface area contributed by atoms with Crippen LogP contribution in [0.25, 0.3) is 33.6 Å². The molecule has 0 fully saturated rings. The number of nitrogens with two attached hydrogens (primary N) is 1. The maximum absolute atomic E-state index is 12.9. The largest absolute Gasteiger partial charge is 0.437 e. The molecule has 0 aliphatic carbocycles. The molecule has 136 valence electrons. The van der Waals surface area contributed by atoms with E-state index in [1.165, 1.54) is 18.5 Å². The highest BCUT2D eigenvalue weighted by molar-refractivity contribution is 6.05. The Morgan fingerprint density at radius 3 is 2.15 bits per heavy atom. The third kappa shape index (κ3) is 3.01. The van der Waals surface area contributed by atoms with Crippen LogP contribution in [-0.2, 0) is 6.18 Å². The van der Waals surface area contributed by atoms with Crippen LogP contribution in [0.15, 0.2) is 59.3 Å². The van der Waals surface area contributed by atoms with E-state index < -0.39 is 11.7 Å². The summed E-state index contributed by atoms with van der Waals surface area (Å²) in [5.41, 5.74) is 8.64. The number of hydrogen-bond acceptors (Lipinski definition) is 4. The van der Waals surface area contributed by atoms with Gasteiger partial charge in [-0.25, -0.2) is 9.97 Å². The van der Waals surface area contributed by atoms with Crippen LogP contribution in [0.2, 0.25) is 0 Å². The van der Waals surface area contributed by atoms with Gasteiger partial charge in [0, 0.05) is 11.1 Å². The molecule has 4 rings (SSSR count). The van der Waals surface area contributed by atoms with E-state index in [0.29, 0.717) is 22.3 Å². The Morgan fingerprint density at radius 2 is 1.52 bits per heavy atom. The first-order valence-corrected chi connectivity index (χ1v) is 8.12. The summed E-state index contributed by atoms with van der Waals surface area (Å²) in [4.78, 5) is 8.13. The standard InChI is InChI=1S/C20H14F3N3O/c1-11-2-4-12(5-3-11)15-16-18(24)25-10-26-19(16)27-17(15)13-6-8-14(9-7-13)20(21,22)23/h2-10H,1H3,(H2,24,25,26). The number of halogens is 3. The number of furan rings is 1. The van der Waals surface area contributed by atoms with Gasteiger partial charge in [-0.2, -0.15) is 13.2 Å². The molecule has 2 aromatic carbocycles. The number of rotatable bonds is 2. The molecular formula is C20H14F3N3O. The first kappa shape index (κ1) is 17.1.